The molecular formula is C16H24N2O2. The summed E-state index contributed by atoms with van der Waals surface area (Å²) in [6, 6.07) is 7.82. The minimum atomic E-state index is -1.24. The maximum atomic E-state index is 12.2. The van der Waals surface area contributed by atoms with Crippen LogP contribution in [0.4, 0.5) is 5.69 Å². The lowest BCUT2D eigenvalue weighted by Gasteiger charge is -2.31. The number of benzene rings is 1. The van der Waals surface area contributed by atoms with Crippen LogP contribution in [-0.2, 0) is 10.2 Å². The Kier molecular flexibility index (Phi) is 4.16. The van der Waals surface area contributed by atoms with Gasteiger partial charge in [0.05, 0.1) is 0 Å². The number of hydrogen-bond donors (Lipinski definition) is 3. The number of rotatable bonds is 2. The third kappa shape index (κ3) is 3.38. The van der Waals surface area contributed by atoms with Crippen molar-refractivity contribution in [3.63, 3.8) is 0 Å². The van der Waals surface area contributed by atoms with Gasteiger partial charge in [-0.15, -0.1) is 0 Å². The monoisotopic (exact) mass is 276 g/mol. The molecule has 1 saturated heterocycles. The fourth-order valence-corrected chi connectivity index (χ4v) is 2.37. The normalized spacial score (nSPS) is 18.6. The first-order valence-corrected chi connectivity index (χ1v) is 7.16. The highest BCUT2D eigenvalue weighted by Crippen LogP contribution is 2.25. The smallest absolute Gasteiger partial charge is 0.256 e. The van der Waals surface area contributed by atoms with Crippen molar-refractivity contribution in [2.75, 3.05) is 18.4 Å². The molecule has 0 radical (unpaired) electrons. The molecule has 4 heteroatoms. The van der Waals surface area contributed by atoms with Gasteiger partial charge in [0.15, 0.2) is 0 Å². The van der Waals surface area contributed by atoms with Crippen LogP contribution in [0.15, 0.2) is 24.3 Å². The van der Waals surface area contributed by atoms with E-state index in [4.69, 9.17) is 0 Å². The second-order valence-electron chi connectivity index (χ2n) is 6.56. The summed E-state index contributed by atoms with van der Waals surface area (Å²) >= 11 is 0. The second kappa shape index (κ2) is 5.54. The van der Waals surface area contributed by atoms with Gasteiger partial charge in [-0.1, -0.05) is 32.9 Å². The van der Waals surface area contributed by atoms with Crippen LogP contribution in [0.1, 0.15) is 39.2 Å². The van der Waals surface area contributed by atoms with Crippen molar-refractivity contribution in [1.29, 1.82) is 0 Å². The quantitative estimate of drug-likeness (QED) is 0.774. The molecule has 1 aromatic rings. The van der Waals surface area contributed by atoms with E-state index in [-0.39, 0.29) is 11.3 Å². The van der Waals surface area contributed by atoms with Crippen LogP contribution < -0.4 is 10.6 Å². The van der Waals surface area contributed by atoms with Gasteiger partial charge >= 0.3 is 0 Å². The number of carbonyl (C=O) groups excluding carboxylic acids is 1. The van der Waals surface area contributed by atoms with E-state index < -0.39 is 5.60 Å². The minimum Gasteiger partial charge on any atom is -0.380 e. The molecule has 2 rings (SSSR count). The highest BCUT2D eigenvalue weighted by Gasteiger charge is 2.37. The Bertz CT molecular complexity index is 468. The molecule has 110 valence electrons. The van der Waals surface area contributed by atoms with Gasteiger partial charge in [0.1, 0.15) is 5.60 Å². The molecule has 1 heterocycles. The van der Waals surface area contributed by atoms with Crippen LogP contribution in [-0.4, -0.2) is 29.7 Å². The van der Waals surface area contributed by atoms with E-state index in [1.807, 2.05) is 24.3 Å². The van der Waals surface area contributed by atoms with Gasteiger partial charge in [-0.2, -0.15) is 0 Å². The number of nitrogens with one attached hydrogen (secondary N) is 2. The molecule has 1 aliphatic rings. The molecule has 0 saturated carbocycles. The van der Waals surface area contributed by atoms with E-state index >= 15 is 0 Å². The fraction of sp³-hybridized carbons (Fsp3) is 0.562. The first-order valence-electron chi connectivity index (χ1n) is 7.16. The Morgan fingerprint density at radius 1 is 1.20 bits per heavy atom. The van der Waals surface area contributed by atoms with Gasteiger partial charge < -0.3 is 15.7 Å². The molecule has 1 aliphatic heterocycles. The molecule has 1 aromatic carbocycles. The molecular weight excluding hydrogens is 252 g/mol. The Morgan fingerprint density at radius 3 is 2.25 bits per heavy atom. The lowest BCUT2D eigenvalue weighted by atomic mass is 9.87. The maximum Gasteiger partial charge on any atom is 0.256 e. The average Bonchev–Trinajstić information content (AvgIpc) is 2.39. The third-order valence-corrected chi connectivity index (χ3v) is 3.86. The molecule has 20 heavy (non-hydrogen) atoms. The Hall–Kier alpha value is -1.39. The number of amides is 1. The highest BCUT2D eigenvalue weighted by molar-refractivity contribution is 5.97. The van der Waals surface area contributed by atoms with Crippen molar-refractivity contribution in [2.45, 2.75) is 44.6 Å². The van der Waals surface area contributed by atoms with Crippen LogP contribution in [0.3, 0.4) is 0 Å². The highest BCUT2D eigenvalue weighted by atomic mass is 16.3. The molecule has 0 spiro atoms. The summed E-state index contributed by atoms with van der Waals surface area (Å²) in [6.07, 6.45) is 0.915. The van der Waals surface area contributed by atoms with Crippen LogP contribution in [0.2, 0.25) is 0 Å². The Labute approximate surface area is 120 Å². The van der Waals surface area contributed by atoms with Crippen molar-refractivity contribution in [3.8, 4) is 0 Å². The summed E-state index contributed by atoms with van der Waals surface area (Å²) in [5.74, 6) is -0.303. The Morgan fingerprint density at radius 2 is 1.75 bits per heavy atom. The molecule has 0 bridgehead atoms. The third-order valence-electron chi connectivity index (χ3n) is 3.86. The largest absolute Gasteiger partial charge is 0.380 e. The van der Waals surface area contributed by atoms with Crippen LogP contribution >= 0.6 is 0 Å². The summed E-state index contributed by atoms with van der Waals surface area (Å²) in [5, 5.41) is 16.3. The van der Waals surface area contributed by atoms with Crippen molar-refractivity contribution < 1.29 is 9.90 Å². The SMILES string of the molecule is CC(C)(C)c1ccc(NC(=O)C2(O)CCNCC2)cc1. The van der Waals surface area contributed by atoms with E-state index in [1.54, 1.807) is 0 Å². The molecule has 4 nitrogen and oxygen atoms in total. The van der Waals surface area contributed by atoms with E-state index in [1.165, 1.54) is 5.56 Å². The first-order chi connectivity index (χ1) is 9.31. The van der Waals surface area contributed by atoms with Gasteiger partial charge in [-0.05, 0) is 49.0 Å². The van der Waals surface area contributed by atoms with Gasteiger partial charge in [-0.3, -0.25) is 4.79 Å². The van der Waals surface area contributed by atoms with Crippen molar-refractivity contribution >= 4 is 11.6 Å². The number of carbonyl (C=O) groups is 1. The van der Waals surface area contributed by atoms with E-state index in [0.29, 0.717) is 25.9 Å². The second-order valence-corrected chi connectivity index (χ2v) is 6.56. The van der Waals surface area contributed by atoms with E-state index in [0.717, 1.165) is 5.69 Å². The van der Waals surface area contributed by atoms with Crippen molar-refractivity contribution in [1.82, 2.24) is 5.32 Å². The minimum absolute atomic E-state index is 0.0930. The molecule has 0 aliphatic carbocycles. The van der Waals surface area contributed by atoms with Gasteiger partial charge in [0.25, 0.3) is 5.91 Å². The maximum absolute atomic E-state index is 12.2. The predicted molar refractivity (Wildman–Crippen MR) is 80.8 cm³/mol. The first kappa shape index (κ1) is 15.0. The molecule has 0 atom stereocenters. The lowest BCUT2D eigenvalue weighted by Crippen LogP contribution is -2.50. The van der Waals surface area contributed by atoms with Gasteiger partial charge in [-0.25, -0.2) is 0 Å². The topological polar surface area (TPSA) is 61.4 Å². The average molecular weight is 276 g/mol. The van der Waals surface area contributed by atoms with Crippen molar-refractivity contribution in [3.05, 3.63) is 29.8 Å². The summed E-state index contributed by atoms with van der Waals surface area (Å²) in [7, 11) is 0. The molecule has 1 fully saturated rings. The summed E-state index contributed by atoms with van der Waals surface area (Å²) in [5.41, 5.74) is 0.801. The summed E-state index contributed by atoms with van der Waals surface area (Å²) in [4.78, 5) is 12.2. The fourth-order valence-electron chi connectivity index (χ4n) is 2.37. The number of hydrogen-bond acceptors (Lipinski definition) is 3. The zero-order valence-corrected chi connectivity index (χ0v) is 12.5. The number of anilines is 1. The zero-order valence-electron chi connectivity index (χ0n) is 12.5. The summed E-state index contributed by atoms with van der Waals surface area (Å²) < 4.78 is 0. The summed E-state index contributed by atoms with van der Waals surface area (Å²) in [6.45, 7) is 7.80. The molecule has 1 amide bonds. The zero-order chi connectivity index (χ0) is 14.8. The van der Waals surface area contributed by atoms with Crippen LogP contribution in [0, 0.1) is 0 Å². The van der Waals surface area contributed by atoms with Gasteiger partial charge in [0.2, 0.25) is 0 Å². The number of aliphatic hydroxyl groups is 1. The molecule has 0 aromatic heterocycles. The molecule has 0 unspecified atom stereocenters. The lowest BCUT2D eigenvalue weighted by molar-refractivity contribution is -0.136. The van der Waals surface area contributed by atoms with Crippen LogP contribution in [0.25, 0.3) is 0 Å². The Balaban J connectivity index is 2.04. The van der Waals surface area contributed by atoms with Crippen molar-refractivity contribution in [2.24, 2.45) is 0 Å². The molecule has 3 N–H and O–H groups in total. The van der Waals surface area contributed by atoms with E-state index in [2.05, 4.69) is 31.4 Å². The van der Waals surface area contributed by atoms with Crippen LogP contribution in [0.5, 0.6) is 0 Å². The van der Waals surface area contributed by atoms with E-state index in [9.17, 15) is 9.90 Å². The van der Waals surface area contributed by atoms with Gasteiger partial charge in [0, 0.05) is 5.69 Å². The number of piperidine rings is 1. The predicted octanol–water partition coefficient (Wildman–Crippen LogP) is 2.04. The standard InChI is InChI=1S/C16H24N2O2/c1-15(2,3)12-4-6-13(7-5-12)18-14(19)16(20)8-10-17-11-9-16/h4-7,17,20H,8-11H2,1-3H3,(H,18,19).